The number of carboxylic acids is 1. The molecule has 6 heteroatoms. The van der Waals surface area contributed by atoms with Crippen LogP contribution in [0.1, 0.15) is 10.4 Å². The van der Waals surface area contributed by atoms with Crippen LogP contribution in [0, 0.1) is 0 Å². The molecule has 0 radical (unpaired) electrons. The number of hydrogen-bond donors (Lipinski definition) is 2. The topological polar surface area (TPSA) is 58.6 Å². The minimum absolute atomic E-state index is 0.137. The third kappa shape index (κ3) is 4.03. The Morgan fingerprint density at radius 2 is 1.90 bits per heavy atom. The predicted molar refractivity (Wildman–Crippen MR) is 83.8 cm³/mol. The second-order valence-corrected chi connectivity index (χ2v) is 4.96. The van der Waals surface area contributed by atoms with E-state index >= 15 is 0 Å². The van der Waals surface area contributed by atoms with Crippen LogP contribution in [-0.2, 0) is 0 Å². The first-order valence-corrected chi connectivity index (χ1v) is 6.98. The number of para-hydroxylation sites is 1. The molecule has 0 aliphatic heterocycles. The van der Waals surface area contributed by atoms with Gasteiger partial charge in [0.2, 0.25) is 0 Å². The first-order valence-electron chi connectivity index (χ1n) is 6.22. The van der Waals surface area contributed by atoms with Gasteiger partial charge in [-0.1, -0.05) is 41.4 Å². The fourth-order valence-corrected chi connectivity index (χ4v) is 2.12. The van der Waals surface area contributed by atoms with Crippen molar-refractivity contribution in [2.75, 3.05) is 18.5 Å². The maximum Gasteiger partial charge on any atom is 0.339 e. The lowest BCUT2D eigenvalue weighted by atomic mass is 10.2. The van der Waals surface area contributed by atoms with Crippen molar-refractivity contribution in [3.63, 3.8) is 0 Å². The van der Waals surface area contributed by atoms with Gasteiger partial charge in [-0.25, -0.2) is 4.79 Å². The molecule has 2 aromatic carbocycles. The second-order valence-electron chi connectivity index (χ2n) is 4.18. The van der Waals surface area contributed by atoms with Crippen LogP contribution in [0.25, 0.3) is 0 Å². The minimum Gasteiger partial charge on any atom is -0.491 e. The molecule has 0 aromatic heterocycles. The van der Waals surface area contributed by atoms with Crippen LogP contribution in [-0.4, -0.2) is 24.2 Å². The van der Waals surface area contributed by atoms with Crippen molar-refractivity contribution in [2.24, 2.45) is 0 Å². The number of anilines is 1. The number of nitrogens with one attached hydrogen (secondary N) is 1. The Kier molecular flexibility index (Phi) is 5.31. The average molecular weight is 326 g/mol. The normalized spacial score (nSPS) is 10.2. The molecule has 0 amide bonds. The second kappa shape index (κ2) is 7.20. The summed E-state index contributed by atoms with van der Waals surface area (Å²) in [7, 11) is 0. The summed E-state index contributed by atoms with van der Waals surface area (Å²) in [6.45, 7) is 0.765. The highest BCUT2D eigenvalue weighted by atomic mass is 35.5. The molecule has 0 fully saturated rings. The lowest BCUT2D eigenvalue weighted by Crippen LogP contribution is -2.13. The molecule has 0 saturated heterocycles. The van der Waals surface area contributed by atoms with Gasteiger partial charge in [0.25, 0.3) is 0 Å². The Hall–Kier alpha value is -1.91. The van der Waals surface area contributed by atoms with Gasteiger partial charge in [-0.15, -0.1) is 0 Å². The van der Waals surface area contributed by atoms with Gasteiger partial charge in [-0.3, -0.25) is 0 Å². The van der Waals surface area contributed by atoms with Crippen LogP contribution in [0.5, 0.6) is 5.75 Å². The van der Waals surface area contributed by atoms with Crippen molar-refractivity contribution in [3.8, 4) is 5.75 Å². The molecule has 2 rings (SSSR count). The first-order chi connectivity index (χ1) is 10.1. The van der Waals surface area contributed by atoms with Gasteiger partial charge in [0, 0.05) is 6.54 Å². The summed E-state index contributed by atoms with van der Waals surface area (Å²) in [5.74, 6) is -0.680. The third-order valence-corrected chi connectivity index (χ3v) is 3.56. The molecule has 0 bridgehead atoms. The fourth-order valence-electron chi connectivity index (χ4n) is 1.76. The van der Waals surface area contributed by atoms with E-state index in [2.05, 4.69) is 5.32 Å². The predicted octanol–water partition coefficient (Wildman–Crippen LogP) is 4.18. The Morgan fingerprint density at radius 1 is 1.14 bits per heavy atom. The SMILES string of the molecule is O=C(O)c1ccccc1OCCNc1cccc(Cl)c1Cl. The van der Waals surface area contributed by atoms with Crippen molar-refractivity contribution in [1.29, 1.82) is 0 Å². The molecule has 0 saturated carbocycles. The summed E-state index contributed by atoms with van der Waals surface area (Å²) in [6.07, 6.45) is 0. The van der Waals surface area contributed by atoms with Crippen LogP contribution >= 0.6 is 23.2 Å². The third-order valence-electron chi connectivity index (χ3n) is 2.74. The van der Waals surface area contributed by atoms with E-state index in [4.69, 9.17) is 33.0 Å². The fraction of sp³-hybridized carbons (Fsp3) is 0.133. The molecule has 0 unspecified atom stereocenters. The molecule has 2 aromatic rings. The molecule has 0 aliphatic rings. The number of ether oxygens (including phenoxy) is 1. The van der Waals surface area contributed by atoms with Gasteiger partial charge in [0.15, 0.2) is 0 Å². The Morgan fingerprint density at radius 3 is 2.67 bits per heavy atom. The molecular formula is C15H13Cl2NO3. The Bertz CT molecular complexity index is 647. The van der Waals surface area contributed by atoms with E-state index in [0.29, 0.717) is 34.6 Å². The Balaban J connectivity index is 1.91. The van der Waals surface area contributed by atoms with E-state index in [0.717, 1.165) is 0 Å². The molecule has 4 nitrogen and oxygen atoms in total. The lowest BCUT2D eigenvalue weighted by Gasteiger charge is -2.11. The highest BCUT2D eigenvalue weighted by molar-refractivity contribution is 6.43. The zero-order valence-electron chi connectivity index (χ0n) is 11.0. The maximum absolute atomic E-state index is 11.0. The molecule has 0 heterocycles. The highest BCUT2D eigenvalue weighted by Gasteiger charge is 2.09. The zero-order chi connectivity index (χ0) is 15.2. The largest absolute Gasteiger partial charge is 0.491 e. The molecule has 21 heavy (non-hydrogen) atoms. The molecule has 0 aliphatic carbocycles. The summed E-state index contributed by atoms with van der Waals surface area (Å²) in [6, 6.07) is 11.8. The van der Waals surface area contributed by atoms with E-state index in [1.807, 2.05) is 0 Å². The van der Waals surface area contributed by atoms with Gasteiger partial charge in [0.1, 0.15) is 17.9 Å². The summed E-state index contributed by atoms with van der Waals surface area (Å²) >= 11 is 12.0. The highest BCUT2D eigenvalue weighted by Crippen LogP contribution is 2.29. The average Bonchev–Trinajstić information content (AvgIpc) is 2.48. The number of carbonyl (C=O) groups is 1. The van der Waals surface area contributed by atoms with E-state index in [1.165, 1.54) is 6.07 Å². The van der Waals surface area contributed by atoms with Crippen molar-refractivity contribution in [1.82, 2.24) is 0 Å². The van der Waals surface area contributed by atoms with E-state index < -0.39 is 5.97 Å². The van der Waals surface area contributed by atoms with E-state index in [1.54, 1.807) is 36.4 Å². The van der Waals surface area contributed by atoms with Crippen LogP contribution < -0.4 is 10.1 Å². The summed E-state index contributed by atoms with van der Waals surface area (Å²) < 4.78 is 5.47. The molecule has 0 atom stereocenters. The molecule has 2 N–H and O–H groups in total. The lowest BCUT2D eigenvalue weighted by molar-refractivity contribution is 0.0692. The van der Waals surface area contributed by atoms with Crippen LogP contribution in [0.3, 0.4) is 0 Å². The van der Waals surface area contributed by atoms with Crippen LogP contribution in [0.4, 0.5) is 5.69 Å². The number of halogens is 2. The Labute approximate surface area is 132 Å². The van der Waals surface area contributed by atoms with Crippen LogP contribution in [0.15, 0.2) is 42.5 Å². The molecule has 110 valence electrons. The number of hydrogen-bond acceptors (Lipinski definition) is 3. The number of carboxylic acid groups (broad SMARTS) is 1. The first kappa shape index (κ1) is 15.5. The summed E-state index contributed by atoms with van der Waals surface area (Å²) in [4.78, 5) is 11.0. The number of rotatable bonds is 6. The smallest absolute Gasteiger partial charge is 0.339 e. The van der Waals surface area contributed by atoms with Crippen molar-refractivity contribution in [2.45, 2.75) is 0 Å². The van der Waals surface area contributed by atoms with E-state index in [-0.39, 0.29) is 5.56 Å². The van der Waals surface area contributed by atoms with Crippen molar-refractivity contribution >= 4 is 34.9 Å². The van der Waals surface area contributed by atoms with Crippen LogP contribution in [0.2, 0.25) is 10.0 Å². The summed E-state index contributed by atoms with van der Waals surface area (Å²) in [5.41, 5.74) is 0.845. The number of aromatic carboxylic acids is 1. The van der Waals surface area contributed by atoms with E-state index in [9.17, 15) is 4.79 Å². The van der Waals surface area contributed by atoms with Gasteiger partial charge in [0.05, 0.1) is 15.7 Å². The number of benzene rings is 2. The van der Waals surface area contributed by atoms with Crippen molar-refractivity contribution < 1.29 is 14.6 Å². The van der Waals surface area contributed by atoms with Crippen molar-refractivity contribution in [3.05, 3.63) is 58.1 Å². The zero-order valence-corrected chi connectivity index (χ0v) is 12.5. The minimum atomic E-state index is -1.02. The summed E-state index contributed by atoms with van der Waals surface area (Å²) in [5, 5.41) is 13.0. The monoisotopic (exact) mass is 325 g/mol. The van der Waals surface area contributed by atoms with Gasteiger partial charge in [-0.05, 0) is 24.3 Å². The van der Waals surface area contributed by atoms with Gasteiger partial charge in [-0.2, -0.15) is 0 Å². The maximum atomic E-state index is 11.0. The van der Waals surface area contributed by atoms with Gasteiger partial charge < -0.3 is 15.2 Å². The standard InChI is InChI=1S/C15H13Cl2NO3/c16-11-5-3-6-12(14(11)17)18-8-9-21-13-7-2-1-4-10(13)15(19)20/h1-7,18H,8-9H2,(H,19,20). The molecular weight excluding hydrogens is 313 g/mol. The quantitative estimate of drug-likeness (QED) is 0.782. The molecule has 0 spiro atoms. The van der Waals surface area contributed by atoms with Gasteiger partial charge >= 0.3 is 5.97 Å².